The van der Waals surface area contributed by atoms with Gasteiger partial charge in [0, 0.05) is 24.7 Å². The standard InChI is InChI=1S/C20H22N2O6S/c1-15(23)16-6-8-17(9-7-16)28-20-11-10-18(14-19(20)22(24)25)29(26,27)21-12-4-2-3-5-13-21/h6-11,14H,2-5,12-13H2,1H3. The molecule has 0 unspecified atom stereocenters. The summed E-state index contributed by atoms with van der Waals surface area (Å²) in [5.74, 6) is 0.132. The van der Waals surface area contributed by atoms with Crippen LogP contribution < -0.4 is 4.74 Å². The summed E-state index contributed by atoms with van der Waals surface area (Å²) >= 11 is 0. The minimum atomic E-state index is -3.81. The number of rotatable bonds is 6. The lowest BCUT2D eigenvalue weighted by Crippen LogP contribution is -2.31. The van der Waals surface area contributed by atoms with E-state index in [-0.39, 0.29) is 16.4 Å². The van der Waals surface area contributed by atoms with E-state index in [1.165, 1.54) is 35.5 Å². The first kappa shape index (κ1) is 20.9. The number of hydrogen-bond donors (Lipinski definition) is 0. The molecule has 1 fully saturated rings. The summed E-state index contributed by atoms with van der Waals surface area (Å²) in [7, 11) is -3.81. The van der Waals surface area contributed by atoms with Crippen molar-refractivity contribution in [2.75, 3.05) is 13.1 Å². The largest absolute Gasteiger partial charge is 0.450 e. The molecule has 3 rings (SSSR count). The molecule has 1 heterocycles. The molecule has 9 heteroatoms. The van der Waals surface area contributed by atoms with Crippen LogP contribution in [0.2, 0.25) is 0 Å². The Balaban J connectivity index is 1.90. The molecule has 0 radical (unpaired) electrons. The minimum absolute atomic E-state index is 0.0691. The van der Waals surface area contributed by atoms with E-state index in [1.54, 1.807) is 12.1 Å². The van der Waals surface area contributed by atoms with Gasteiger partial charge in [0.05, 0.1) is 9.82 Å². The second-order valence-electron chi connectivity index (χ2n) is 6.89. The van der Waals surface area contributed by atoms with Gasteiger partial charge in [-0.15, -0.1) is 0 Å². The van der Waals surface area contributed by atoms with Crippen LogP contribution in [0, 0.1) is 10.1 Å². The van der Waals surface area contributed by atoms with Gasteiger partial charge in [-0.1, -0.05) is 12.8 Å². The molecule has 0 saturated carbocycles. The van der Waals surface area contributed by atoms with Crippen LogP contribution in [0.15, 0.2) is 47.4 Å². The van der Waals surface area contributed by atoms with E-state index in [9.17, 15) is 23.3 Å². The Morgan fingerprint density at radius 3 is 2.21 bits per heavy atom. The molecule has 0 bridgehead atoms. The summed E-state index contributed by atoms with van der Waals surface area (Å²) in [4.78, 5) is 22.1. The highest BCUT2D eigenvalue weighted by atomic mass is 32.2. The topological polar surface area (TPSA) is 107 Å². The molecule has 1 aliphatic rings. The van der Waals surface area contributed by atoms with Gasteiger partial charge in [-0.3, -0.25) is 14.9 Å². The van der Waals surface area contributed by atoms with E-state index in [4.69, 9.17) is 4.74 Å². The smallest absolute Gasteiger partial charge is 0.312 e. The van der Waals surface area contributed by atoms with Crippen LogP contribution in [-0.4, -0.2) is 36.5 Å². The van der Waals surface area contributed by atoms with Crippen molar-refractivity contribution in [1.82, 2.24) is 4.31 Å². The van der Waals surface area contributed by atoms with Crippen LogP contribution in [-0.2, 0) is 10.0 Å². The Kier molecular flexibility index (Phi) is 6.29. The molecule has 8 nitrogen and oxygen atoms in total. The number of ketones is 1. The molecule has 1 aliphatic heterocycles. The maximum atomic E-state index is 12.9. The molecule has 0 atom stereocenters. The number of carbonyl (C=O) groups excluding carboxylic acids is 1. The summed E-state index contributed by atoms with van der Waals surface area (Å²) in [6.45, 7) is 2.26. The molecule has 2 aromatic carbocycles. The van der Waals surface area contributed by atoms with Gasteiger partial charge in [0.25, 0.3) is 0 Å². The molecule has 0 spiro atoms. The van der Waals surface area contributed by atoms with Crippen molar-refractivity contribution in [3.8, 4) is 11.5 Å². The van der Waals surface area contributed by atoms with E-state index in [1.807, 2.05) is 0 Å². The van der Waals surface area contributed by atoms with Crippen LogP contribution in [0.5, 0.6) is 11.5 Å². The molecular weight excluding hydrogens is 396 g/mol. The van der Waals surface area contributed by atoms with Crippen molar-refractivity contribution in [2.45, 2.75) is 37.5 Å². The van der Waals surface area contributed by atoms with Gasteiger partial charge in [-0.2, -0.15) is 4.31 Å². The number of hydrogen-bond acceptors (Lipinski definition) is 6. The Labute approximate surface area is 169 Å². The minimum Gasteiger partial charge on any atom is -0.450 e. The fourth-order valence-corrected chi connectivity index (χ4v) is 4.74. The monoisotopic (exact) mass is 418 g/mol. The fourth-order valence-electron chi connectivity index (χ4n) is 3.20. The molecule has 1 saturated heterocycles. The predicted molar refractivity (Wildman–Crippen MR) is 107 cm³/mol. The van der Waals surface area contributed by atoms with Gasteiger partial charge < -0.3 is 4.74 Å². The lowest BCUT2D eigenvalue weighted by atomic mass is 10.1. The average molecular weight is 418 g/mol. The lowest BCUT2D eigenvalue weighted by molar-refractivity contribution is -0.385. The maximum Gasteiger partial charge on any atom is 0.312 e. The first-order chi connectivity index (χ1) is 13.8. The fraction of sp³-hybridized carbons (Fsp3) is 0.350. The number of benzene rings is 2. The molecule has 0 aliphatic carbocycles. The normalized spacial score (nSPS) is 15.5. The van der Waals surface area contributed by atoms with E-state index in [0.29, 0.717) is 24.4 Å². The Morgan fingerprint density at radius 1 is 1.03 bits per heavy atom. The number of sulfonamides is 1. The van der Waals surface area contributed by atoms with Crippen molar-refractivity contribution in [3.05, 3.63) is 58.1 Å². The zero-order valence-electron chi connectivity index (χ0n) is 16.0. The van der Waals surface area contributed by atoms with Gasteiger partial charge in [-0.05, 0) is 56.2 Å². The van der Waals surface area contributed by atoms with Crippen molar-refractivity contribution in [2.24, 2.45) is 0 Å². The molecule has 0 amide bonds. The summed E-state index contributed by atoms with van der Waals surface area (Å²) < 4.78 is 32.8. The summed E-state index contributed by atoms with van der Waals surface area (Å²) in [5, 5.41) is 11.5. The van der Waals surface area contributed by atoms with Crippen molar-refractivity contribution in [1.29, 1.82) is 0 Å². The highest BCUT2D eigenvalue weighted by molar-refractivity contribution is 7.89. The van der Waals surface area contributed by atoms with Crippen LogP contribution in [0.1, 0.15) is 43.0 Å². The molecule has 2 aromatic rings. The quantitative estimate of drug-likeness (QED) is 0.396. The van der Waals surface area contributed by atoms with Gasteiger partial charge in [-0.25, -0.2) is 8.42 Å². The van der Waals surface area contributed by atoms with Crippen LogP contribution in [0.3, 0.4) is 0 Å². The highest BCUT2D eigenvalue weighted by Crippen LogP contribution is 2.34. The summed E-state index contributed by atoms with van der Waals surface area (Å²) in [6, 6.07) is 9.84. The van der Waals surface area contributed by atoms with Gasteiger partial charge >= 0.3 is 5.69 Å². The van der Waals surface area contributed by atoms with Gasteiger partial charge in [0.2, 0.25) is 15.8 Å². The molecule has 29 heavy (non-hydrogen) atoms. The number of carbonyl (C=O) groups is 1. The third-order valence-corrected chi connectivity index (χ3v) is 6.71. The van der Waals surface area contributed by atoms with Crippen LogP contribution >= 0.6 is 0 Å². The first-order valence-corrected chi connectivity index (χ1v) is 10.8. The van der Waals surface area contributed by atoms with E-state index >= 15 is 0 Å². The Morgan fingerprint density at radius 2 is 1.66 bits per heavy atom. The second-order valence-corrected chi connectivity index (χ2v) is 8.83. The zero-order valence-corrected chi connectivity index (χ0v) is 16.9. The Hall–Kier alpha value is -2.78. The second kappa shape index (κ2) is 8.71. The Bertz CT molecular complexity index is 1010. The number of ether oxygens (including phenoxy) is 1. The zero-order chi connectivity index (χ0) is 21.0. The lowest BCUT2D eigenvalue weighted by Gasteiger charge is -2.20. The van der Waals surface area contributed by atoms with E-state index in [0.717, 1.165) is 31.7 Å². The summed E-state index contributed by atoms with van der Waals surface area (Å²) in [6.07, 6.45) is 3.50. The van der Waals surface area contributed by atoms with Gasteiger partial charge in [0.1, 0.15) is 5.75 Å². The van der Waals surface area contributed by atoms with Crippen molar-refractivity contribution in [3.63, 3.8) is 0 Å². The maximum absolute atomic E-state index is 12.9. The van der Waals surface area contributed by atoms with Crippen LogP contribution in [0.25, 0.3) is 0 Å². The average Bonchev–Trinajstić information content (AvgIpc) is 2.98. The third-order valence-electron chi connectivity index (χ3n) is 4.82. The molecule has 154 valence electrons. The highest BCUT2D eigenvalue weighted by Gasteiger charge is 2.28. The van der Waals surface area contributed by atoms with Crippen molar-refractivity contribution >= 4 is 21.5 Å². The third kappa shape index (κ3) is 4.80. The van der Waals surface area contributed by atoms with E-state index < -0.39 is 20.6 Å². The number of nitro benzene ring substituents is 1. The predicted octanol–water partition coefficient (Wildman–Crippen LogP) is 4.15. The number of nitrogens with zero attached hydrogens (tertiary/aromatic N) is 2. The molecule has 0 aromatic heterocycles. The summed E-state index contributed by atoms with van der Waals surface area (Å²) in [5.41, 5.74) is 0.0577. The van der Waals surface area contributed by atoms with E-state index in [2.05, 4.69) is 0 Å². The number of nitro groups is 1. The first-order valence-electron chi connectivity index (χ1n) is 9.36. The molecular formula is C20H22N2O6S. The van der Waals surface area contributed by atoms with Crippen molar-refractivity contribution < 1.29 is 22.9 Å². The number of Topliss-reactive ketones (excluding diaryl/α,β-unsaturated/α-hetero) is 1. The molecule has 0 N–H and O–H groups in total. The van der Waals surface area contributed by atoms with Gasteiger partial charge in [0.15, 0.2) is 5.78 Å². The SMILES string of the molecule is CC(=O)c1ccc(Oc2ccc(S(=O)(=O)N3CCCCCC3)cc2[N+](=O)[O-])cc1. The van der Waals surface area contributed by atoms with Crippen LogP contribution in [0.4, 0.5) is 5.69 Å².